The molecule has 0 radical (unpaired) electrons. The van der Waals surface area contributed by atoms with E-state index in [9.17, 15) is 19.7 Å². The number of nitro groups is 1. The molecule has 0 unspecified atom stereocenters. The predicted octanol–water partition coefficient (Wildman–Crippen LogP) is 3.66. The highest BCUT2D eigenvalue weighted by Crippen LogP contribution is 2.29. The Kier molecular flexibility index (Phi) is 6.18. The highest BCUT2D eigenvalue weighted by molar-refractivity contribution is 5.79. The van der Waals surface area contributed by atoms with Crippen LogP contribution in [0, 0.1) is 10.1 Å². The molecule has 0 spiro atoms. The number of carbonyl (C=O) groups excluding carboxylic acids is 2. The average Bonchev–Trinajstić information content (AvgIpc) is 2.55. The summed E-state index contributed by atoms with van der Waals surface area (Å²) < 4.78 is 5.26. The van der Waals surface area contributed by atoms with Gasteiger partial charge >= 0.3 is 6.09 Å². The first-order chi connectivity index (χ1) is 12.2. The standard InChI is InChI=1S/C18H25N3O5/c1-18(2,3)26-17(23)20-14-7-5-13(6-8-14)19-15-9-4-12(11-22)10-16(15)21(24)25/h4,9-11,13-14,19H,5-8H2,1-3H3,(H,20,23). The van der Waals surface area contributed by atoms with Crippen LogP contribution in [-0.2, 0) is 4.74 Å². The lowest BCUT2D eigenvalue weighted by Gasteiger charge is -2.31. The van der Waals surface area contributed by atoms with E-state index in [0.29, 0.717) is 12.0 Å². The zero-order chi connectivity index (χ0) is 19.3. The van der Waals surface area contributed by atoms with Crippen molar-refractivity contribution in [2.45, 2.75) is 64.1 Å². The summed E-state index contributed by atoms with van der Waals surface area (Å²) in [7, 11) is 0. The van der Waals surface area contributed by atoms with Gasteiger partial charge in [-0.1, -0.05) is 0 Å². The largest absolute Gasteiger partial charge is 0.444 e. The van der Waals surface area contributed by atoms with Crippen molar-refractivity contribution >= 4 is 23.8 Å². The molecule has 142 valence electrons. The Morgan fingerprint density at radius 3 is 2.38 bits per heavy atom. The van der Waals surface area contributed by atoms with Gasteiger partial charge in [0.25, 0.3) is 5.69 Å². The van der Waals surface area contributed by atoms with Gasteiger partial charge in [0.15, 0.2) is 0 Å². The summed E-state index contributed by atoms with van der Waals surface area (Å²) in [6, 6.07) is 4.50. The molecule has 2 rings (SSSR count). The fourth-order valence-electron chi connectivity index (χ4n) is 2.97. The van der Waals surface area contributed by atoms with Crippen LogP contribution >= 0.6 is 0 Å². The second kappa shape index (κ2) is 8.16. The minimum absolute atomic E-state index is 0.0373. The van der Waals surface area contributed by atoms with E-state index < -0.39 is 16.6 Å². The van der Waals surface area contributed by atoms with Crippen LogP contribution in [0.25, 0.3) is 0 Å². The first kappa shape index (κ1) is 19.7. The lowest BCUT2D eigenvalue weighted by atomic mass is 9.91. The molecule has 8 heteroatoms. The van der Waals surface area contributed by atoms with E-state index in [-0.39, 0.29) is 23.3 Å². The van der Waals surface area contributed by atoms with E-state index in [1.807, 2.05) is 20.8 Å². The number of anilines is 1. The van der Waals surface area contributed by atoms with Gasteiger partial charge in [-0.05, 0) is 58.6 Å². The van der Waals surface area contributed by atoms with Crippen LogP contribution in [-0.4, -0.2) is 35.0 Å². The summed E-state index contributed by atoms with van der Waals surface area (Å²) in [5.41, 5.74) is 0.0374. The summed E-state index contributed by atoms with van der Waals surface area (Å²) in [5.74, 6) is 0. The average molecular weight is 363 g/mol. The molecule has 1 fully saturated rings. The predicted molar refractivity (Wildman–Crippen MR) is 97.5 cm³/mol. The van der Waals surface area contributed by atoms with E-state index >= 15 is 0 Å². The highest BCUT2D eigenvalue weighted by atomic mass is 16.6. The molecule has 0 aromatic heterocycles. The summed E-state index contributed by atoms with van der Waals surface area (Å²) in [5, 5.41) is 17.3. The number of hydrogen-bond acceptors (Lipinski definition) is 6. The van der Waals surface area contributed by atoms with Crippen LogP contribution in [0.5, 0.6) is 0 Å². The smallest absolute Gasteiger partial charge is 0.407 e. The fraction of sp³-hybridized carbons (Fsp3) is 0.556. The molecule has 0 heterocycles. The van der Waals surface area contributed by atoms with Gasteiger partial charge < -0.3 is 15.4 Å². The molecule has 1 aromatic carbocycles. The van der Waals surface area contributed by atoms with Crippen LogP contribution in [0.3, 0.4) is 0 Å². The van der Waals surface area contributed by atoms with Crippen molar-refractivity contribution < 1.29 is 19.2 Å². The number of nitrogens with one attached hydrogen (secondary N) is 2. The van der Waals surface area contributed by atoms with Crippen molar-refractivity contribution in [2.75, 3.05) is 5.32 Å². The number of rotatable bonds is 5. The molecule has 2 N–H and O–H groups in total. The summed E-state index contributed by atoms with van der Waals surface area (Å²) in [6.45, 7) is 5.45. The third-order valence-corrected chi connectivity index (χ3v) is 4.16. The minimum Gasteiger partial charge on any atom is -0.444 e. The molecular weight excluding hydrogens is 338 g/mol. The Labute approximate surface area is 152 Å². The molecule has 0 saturated heterocycles. The number of nitro benzene ring substituents is 1. The maximum absolute atomic E-state index is 11.8. The Morgan fingerprint density at radius 1 is 1.23 bits per heavy atom. The van der Waals surface area contributed by atoms with E-state index in [4.69, 9.17) is 4.74 Å². The van der Waals surface area contributed by atoms with Gasteiger partial charge in [-0.15, -0.1) is 0 Å². The van der Waals surface area contributed by atoms with Crippen LogP contribution in [0.1, 0.15) is 56.8 Å². The van der Waals surface area contributed by atoms with Crippen molar-refractivity contribution in [2.24, 2.45) is 0 Å². The number of hydrogen-bond donors (Lipinski definition) is 2. The van der Waals surface area contributed by atoms with E-state index in [0.717, 1.165) is 25.7 Å². The number of carbonyl (C=O) groups is 2. The van der Waals surface area contributed by atoms with Crippen LogP contribution in [0.4, 0.5) is 16.2 Å². The van der Waals surface area contributed by atoms with Crippen LogP contribution < -0.4 is 10.6 Å². The molecule has 8 nitrogen and oxygen atoms in total. The molecule has 1 saturated carbocycles. The van der Waals surface area contributed by atoms with E-state index in [1.54, 1.807) is 12.1 Å². The van der Waals surface area contributed by atoms with E-state index in [1.165, 1.54) is 6.07 Å². The number of alkyl carbamates (subject to hydrolysis) is 1. The van der Waals surface area contributed by atoms with Crippen molar-refractivity contribution in [1.82, 2.24) is 5.32 Å². The molecule has 1 aromatic rings. The third kappa shape index (κ3) is 5.72. The molecule has 0 bridgehead atoms. The summed E-state index contributed by atoms with van der Waals surface area (Å²) in [6.07, 6.45) is 3.23. The Morgan fingerprint density at radius 2 is 1.85 bits per heavy atom. The zero-order valence-electron chi connectivity index (χ0n) is 15.3. The van der Waals surface area contributed by atoms with Crippen molar-refractivity contribution in [3.05, 3.63) is 33.9 Å². The van der Waals surface area contributed by atoms with Gasteiger partial charge in [0.05, 0.1) is 4.92 Å². The second-order valence-corrected chi connectivity index (χ2v) is 7.49. The Bertz CT molecular complexity index is 676. The maximum Gasteiger partial charge on any atom is 0.407 e. The number of aldehydes is 1. The number of benzene rings is 1. The summed E-state index contributed by atoms with van der Waals surface area (Å²) >= 11 is 0. The van der Waals surface area contributed by atoms with Crippen molar-refractivity contribution in [3.8, 4) is 0 Å². The Balaban J connectivity index is 1.90. The summed E-state index contributed by atoms with van der Waals surface area (Å²) in [4.78, 5) is 33.3. The molecule has 0 atom stereocenters. The van der Waals surface area contributed by atoms with Gasteiger partial charge in [-0.25, -0.2) is 4.79 Å². The Hall–Kier alpha value is -2.64. The zero-order valence-corrected chi connectivity index (χ0v) is 15.3. The molecule has 1 aliphatic rings. The van der Waals surface area contributed by atoms with Crippen molar-refractivity contribution in [1.29, 1.82) is 0 Å². The fourth-order valence-corrected chi connectivity index (χ4v) is 2.97. The van der Waals surface area contributed by atoms with Gasteiger partial charge in [0, 0.05) is 23.7 Å². The van der Waals surface area contributed by atoms with Gasteiger partial charge in [-0.3, -0.25) is 14.9 Å². The monoisotopic (exact) mass is 363 g/mol. The number of nitrogens with zero attached hydrogens (tertiary/aromatic N) is 1. The molecule has 0 aliphatic heterocycles. The van der Waals surface area contributed by atoms with Gasteiger partial charge in [-0.2, -0.15) is 0 Å². The van der Waals surface area contributed by atoms with Crippen LogP contribution in [0.15, 0.2) is 18.2 Å². The lowest BCUT2D eigenvalue weighted by Crippen LogP contribution is -2.42. The highest BCUT2D eigenvalue weighted by Gasteiger charge is 2.26. The minimum atomic E-state index is -0.532. The van der Waals surface area contributed by atoms with Crippen molar-refractivity contribution in [3.63, 3.8) is 0 Å². The number of ether oxygens (including phenoxy) is 1. The molecule has 26 heavy (non-hydrogen) atoms. The van der Waals surface area contributed by atoms with Gasteiger partial charge in [0.2, 0.25) is 0 Å². The first-order valence-electron chi connectivity index (χ1n) is 8.67. The molecule has 1 amide bonds. The van der Waals surface area contributed by atoms with E-state index in [2.05, 4.69) is 10.6 Å². The second-order valence-electron chi connectivity index (χ2n) is 7.49. The maximum atomic E-state index is 11.8. The third-order valence-electron chi connectivity index (χ3n) is 4.16. The lowest BCUT2D eigenvalue weighted by molar-refractivity contribution is -0.384. The first-order valence-corrected chi connectivity index (χ1v) is 8.67. The topological polar surface area (TPSA) is 111 Å². The van der Waals surface area contributed by atoms with Crippen LogP contribution in [0.2, 0.25) is 0 Å². The normalized spacial score (nSPS) is 20.1. The molecule has 1 aliphatic carbocycles. The molecular formula is C18H25N3O5. The van der Waals surface area contributed by atoms with Gasteiger partial charge in [0.1, 0.15) is 17.6 Å². The SMILES string of the molecule is CC(C)(C)OC(=O)NC1CCC(Nc2ccc(C=O)cc2[N+](=O)[O-])CC1. The number of amides is 1. The quantitative estimate of drug-likeness (QED) is 0.469.